The van der Waals surface area contributed by atoms with Gasteiger partial charge < -0.3 is 10.3 Å². The molecular formula is C25H37N3O2. The largest absolute Gasteiger partial charge is 0.352 e. The van der Waals surface area contributed by atoms with Crippen LogP contribution in [0.2, 0.25) is 0 Å². The second kappa shape index (κ2) is 8.49. The van der Waals surface area contributed by atoms with Gasteiger partial charge in [0.15, 0.2) is 0 Å². The summed E-state index contributed by atoms with van der Waals surface area (Å²) in [6.07, 6.45) is 10.7. The number of hydrogen-bond donors (Lipinski definition) is 2. The number of H-pyrrole nitrogens is 1. The van der Waals surface area contributed by atoms with Gasteiger partial charge in [-0.3, -0.25) is 14.5 Å². The minimum absolute atomic E-state index is 0.208. The summed E-state index contributed by atoms with van der Waals surface area (Å²) < 4.78 is 0. The molecule has 2 N–H and O–H groups in total. The van der Waals surface area contributed by atoms with Crippen LogP contribution < -0.4 is 10.9 Å². The molecule has 1 aromatic heterocycles. The number of nitrogens with one attached hydrogen (secondary N) is 2. The molecule has 6 rings (SSSR count). The van der Waals surface area contributed by atoms with Gasteiger partial charge in [0.25, 0.3) is 11.5 Å². The molecule has 0 aliphatic heterocycles. The molecule has 0 atom stereocenters. The van der Waals surface area contributed by atoms with Crippen molar-refractivity contribution in [2.45, 2.75) is 64.8 Å². The van der Waals surface area contributed by atoms with Crippen LogP contribution in [0.4, 0.5) is 0 Å². The lowest BCUT2D eigenvalue weighted by molar-refractivity contribution is -0.0347. The van der Waals surface area contributed by atoms with E-state index in [2.05, 4.69) is 22.1 Å². The second-order valence-electron chi connectivity index (χ2n) is 10.7. The van der Waals surface area contributed by atoms with E-state index in [1.165, 1.54) is 44.9 Å². The summed E-state index contributed by atoms with van der Waals surface area (Å²) in [4.78, 5) is 30.8. The molecule has 1 amide bonds. The fourth-order valence-corrected chi connectivity index (χ4v) is 6.92. The van der Waals surface area contributed by atoms with Crippen LogP contribution in [0.5, 0.6) is 0 Å². The smallest absolute Gasteiger partial charge is 0.261 e. The van der Waals surface area contributed by atoms with E-state index in [4.69, 9.17) is 0 Å². The van der Waals surface area contributed by atoms with E-state index in [1.807, 2.05) is 6.07 Å². The summed E-state index contributed by atoms with van der Waals surface area (Å²) in [7, 11) is 0. The van der Waals surface area contributed by atoms with Crippen LogP contribution in [0.1, 0.15) is 74.3 Å². The predicted molar refractivity (Wildman–Crippen MR) is 118 cm³/mol. The lowest BCUT2D eigenvalue weighted by Crippen LogP contribution is -2.49. The molecular weight excluding hydrogens is 374 g/mol. The Hall–Kier alpha value is -1.62. The highest BCUT2D eigenvalue weighted by Gasteiger charge is 2.47. The van der Waals surface area contributed by atoms with Gasteiger partial charge in [0.1, 0.15) is 5.56 Å². The van der Waals surface area contributed by atoms with E-state index >= 15 is 0 Å². The van der Waals surface area contributed by atoms with Gasteiger partial charge in [-0.25, -0.2) is 0 Å². The van der Waals surface area contributed by atoms with Crippen molar-refractivity contribution in [3.8, 4) is 0 Å². The van der Waals surface area contributed by atoms with Gasteiger partial charge >= 0.3 is 0 Å². The molecule has 1 aromatic rings. The molecule has 0 aromatic carbocycles. The van der Waals surface area contributed by atoms with Crippen molar-refractivity contribution in [2.75, 3.05) is 19.6 Å². The topological polar surface area (TPSA) is 65.2 Å². The quantitative estimate of drug-likeness (QED) is 0.650. The lowest BCUT2D eigenvalue weighted by Gasteiger charge is -2.54. The molecule has 5 saturated carbocycles. The highest BCUT2D eigenvalue weighted by molar-refractivity contribution is 5.93. The maximum atomic E-state index is 12.7. The Bertz CT molecular complexity index is 800. The van der Waals surface area contributed by atoms with Gasteiger partial charge in [0.05, 0.1) is 0 Å². The molecule has 164 valence electrons. The van der Waals surface area contributed by atoms with Crippen molar-refractivity contribution in [2.24, 2.45) is 35.5 Å². The van der Waals surface area contributed by atoms with E-state index in [-0.39, 0.29) is 17.0 Å². The SMILES string of the molecule is CCCN(Cc1ccc(C(=O)NCC2C3CC4CC(C3)CC2C4)c(=O)[nH]1)CC1CC1. The summed E-state index contributed by atoms with van der Waals surface area (Å²) in [6.45, 7) is 5.85. The van der Waals surface area contributed by atoms with Crippen molar-refractivity contribution in [1.29, 1.82) is 0 Å². The Morgan fingerprint density at radius 1 is 1.10 bits per heavy atom. The molecule has 5 nitrogen and oxygen atoms in total. The molecule has 30 heavy (non-hydrogen) atoms. The average molecular weight is 412 g/mol. The van der Waals surface area contributed by atoms with Crippen molar-refractivity contribution in [1.82, 2.24) is 15.2 Å². The van der Waals surface area contributed by atoms with Gasteiger partial charge in [-0.2, -0.15) is 0 Å². The number of pyridine rings is 1. The molecule has 5 fully saturated rings. The highest BCUT2D eigenvalue weighted by Crippen LogP contribution is 2.56. The Labute approximate surface area is 180 Å². The molecule has 5 aliphatic carbocycles. The molecule has 0 saturated heterocycles. The monoisotopic (exact) mass is 411 g/mol. The maximum Gasteiger partial charge on any atom is 0.261 e. The molecule has 0 spiro atoms. The first-order chi connectivity index (χ1) is 14.6. The zero-order valence-corrected chi connectivity index (χ0v) is 18.4. The van der Waals surface area contributed by atoms with Crippen LogP contribution in [0.25, 0.3) is 0 Å². The number of carbonyl (C=O) groups excluding carboxylic acids is 1. The average Bonchev–Trinajstić information content (AvgIpc) is 3.51. The van der Waals surface area contributed by atoms with Gasteiger partial charge in [0, 0.05) is 25.3 Å². The Balaban J connectivity index is 1.18. The van der Waals surface area contributed by atoms with E-state index < -0.39 is 0 Å². The van der Waals surface area contributed by atoms with Crippen LogP contribution in [0.3, 0.4) is 0 Å². The highest BCUT2D eigenvalue weighted by atomic mass is 16.2. The minimum Gasteiger partial charge on any atom is -0.352 e. The summed E-state index contributed by atoms with van der Waals surface area (Å²) >= 11 is 0. The number of carbonyl (C=O) groups is 1. The number of hydrogen-bond acceptors (Lipinski definition) is 3. The fourth-order valence-electron chi connectivity index (χ4n) is 6.92. The van der Waals surface area contributed by atoms with Crippen molar-refractivity contribution < 1.29 is 4.79 Å². The summed E-state index contributed by atoms with van der Waals surface area (Å²) in [5, 5.41) is 3.11. The van der Waals surface area contributed by atoms with Crippen LogP contribution in [-0.4, -0.2) is 35.4 Å². The van der Waals surface area contributed by atoms with Crippen LogP contribution in [-0.2, 0) is 6.54 Å². The van der Waals surface area contributed by atoms with Crippen LogP contribution in [0, 0.1) is 35.5 Å². The molecule has 0 unspecified atom stereocenters. The maximum absolute atomic E-state index is 12.7. The number of amides is 1. The number of aromatic nitrogens is 1. The number of aromatic amines is 1. The van der Waals surface area contributed by atoms with Gasteiger partial charge in [-0.1, -0.05) is 6.92 Å². The van der Waals surface area contributed by atoms with Crippen molar-refractivity contribution >= 4 is 5.91 Å². The fraction of sp³-hybridized carbons (Fsp3) is 0.760. The molecule has 0 radical (unpaired) electrons. The van der Waals surface area contributed by atoms with Crippen LogP contribution >= 0.6 is 0 Å². The minimum atomic E-state index is -0.252. The Kier molecular flexibility index (Phi) is 5.74. The summed E-state index contributed by atoms with van der Waals surface area (Å²) in [5.74, 6) is 4.71. The Morgan fingerprint density at radius 3 is 2.40 bits per heavy atom. The second-order valence-corrected chi connectivity index (χ2v) is 10.7. The van der Waals surface area contributed by atoms with E-state index in [9.17, 15) is 9.59 Å². The Morgan fingerprint density at radius 2 is 1.80 bits per heavy atom. The van der Waals surface area contributed by atoms with Crippen molar-refractivity contribution in [3.63, 3.8) is 0 Å². The zero-order chi connectivity index (χ0) is 20.7. The van der Waals surface area contributed by atoms with Crippen LogP contribution in [0.15, 0.2) is 16.9 Å². The number of nitrogens with zero attached hydrogens (tertiary/aromatic N) is 1. The first-order valence-electron chi connectivity index (χ1n) is 12.3. The third-order valence-electron chi connectivity index (χ3n) is 8.28. The first kappa shape index (κ1) is 20.3. The first-order valence-corrected chi connectivity index (χ1v) is 12.3. The molecule has 4 bridgehead atoms. The van der Waals surface area contributed by atoms with Crippen molar-refractivity contribution in [3.05, 3.63) is 33.7 Å². The van der Waals surface area contributed by atoms with Gasteiger partial charge in [0.2, 0.25) is 0 Å². The normalized spacial score (nSPS) is 32.0. The number of rotatable bonds is 9. The molecule has 5 heteroatoms. The van der Waals surface area contributed by atoms with E-state index in [0.717, 1.165) is 67.9 Å². The standard InChI is InChI=1S/C25H37N3O2/c1-2-7-28(14-16-3-4-16)15-21-5-6-22(25(30)27-21)24(29)26-13-23-19-9-17-8-18(11-19)12-20(23)10-17/h5-6,16-20,23H,2-4,7-15H2,1H3,(H,26,29)(H,27,30). The third-order valence-corrected chi connectivity index (χ3v) is 8.28. The zero-order valence-electron chi connectivity index (χ0n) is 18.4. The van der Waals surface area contributed by atoms with E-state index in [1.54, 1.807) is 6.07 Å². The summed E-state index contributed by atoms with van der Waals surface area (Å²) in [5.41, 5.74) is 0.913. The summed E-state index contributed by atoms with van der Waals surface area (Å²) in [6, 6.07) is 3.65. The van der Waals surface area contributed by atoms with Gasteiger partial charge in [-0.15, -0.1) is 0 Å². The molecule has 1 heterocycles. The lowest BCUT2D eigenvalue weighted by atomic mass is 9.52. The van der Waals surface area contributed by atoms with Gasteiger partial charge in [-0.05, 0) is 106 Å². The molecule has 5 aliphatic rings. The predicted octanol–water partition coefficient (Wildman–Crippen LogP) is 3.80. The third kappa shape index (κ3) is 4.37. The van der Waals surface area contributed by atoms with E-state index in [0.29, 0.717) is 5.92 Å².